The number of rotatable bonds is 3. The summed E-state index contributed by atoms with van der Waals surface area (Å²) in [4.78, 5) is 10.7. The molecule has 1 atom stereocenters. The molecule has 0 fully saturated rings. The molecule has 11 heavy (non-hydrogen) atoms. The predicted molar refractivity (Wildman–Crippen MR) is 44.8 cm³/mol. The van der Waals surface area contributed by atoms with Crippen molar-refractivity contribution in [1.29, 1.82) is 0 Å². The number of hydrogen-bond acceptors (Lipinski definition) is 2. The summed E-state index contributed by atoms with van der Waals surface area (Å²) in [6.07, 6.45) is 0.922. The van der Waals surface area contributed by atoms with Crippen LogP contribution < -0.4 is 16.6 Å². The number of hydrazine groups is 1. The second-order valence-electron chi connectivity index (χ2n) is 2.88. The monoisotopic (exact) mass is 159 g/mol. The Bertz CT molecular complexity index is 125. The zero-order valence-electron chi connectivity index (χ0n) is 7.35. The normalized spacial score (nSPS) is 12.8. The second kappa shape index (κ2) is 4.96. The molecule has 0 aromatic rings. The maximum atomic E-state index is 10.7. The number of carbonyl (C=O) groups excluding carboxylic acids is 1. The third-order valence-electron chi connectivity index (χ3n) is 1.69. The smallest absolute Gasteiger partial charge is 0.329 e. The minimum Gasteiger partial charge on any atom is -0.334 e. The average Bonchev–Trinajstić information content (AvgIpc) is 1.99. The largest absolute Gasteiger partial charge is 0.334 e. The van der Waals surface area contributed by atoms with Gasteiger partial charge in [0.25, 0.3) is 0 Å². The summed E-state index contributed by atoms with van der Waals surface area (Å²) in [6.45, 7) is 6.15. The third-order valence-corrected chi connectivity index (χ3v) is 1.69. The molecule has 0 bridgehead atoms. The van der Waals surface area contributed by atoms with E-state index in [1.807, 2.05) is 12.3 Å². The third kappa shape index (κ3) is 3.83. The van der Waals surface area contributed by atoms with Gasteiger partial charge >= 0.3 is 6.03 Å². The van der Waals surface area contributed by atoms with Crippen LogP contribution in [0, 0.1) is 5.92 Å². The lowest BCUT2D eigenvalue weighted by atomic mass is 10.0. The molecule has 1 unspecified atom stereocenters. The Labute approximate surface area is 67.5 Å². The molecule has 0 spiro atoms. The molecule has 4 nitrogen and oxygen atoms in total. The van der Waals surface area contributed by atoms with Crippen LogP contribution in [0.25, 0.3) is 0 Å². The van der Waals surface area contributed by atoms with Gasteiger partial charge in [0, 0.05) is 6.04 Å². The Balaban J connectivity index is 3.78. The minimum atomic E-state index is -0.314. The molecule has 0 radical (unpaired) electrons. The molecule has 0 aliphatic carbocycles. The van der Waals surface area contributed by atoms with Crippen LogP contribution in [-0.2, 0) is 0 Å². The van der Waals surface area contributed by atoms with Crippen molar-refractivity contribution in [2.24, 2.45) is 11.8 Å². The molecule has 0 aromatic carbocycles. The highest BCUT2D eigenvalue weighted by molar-refractivity contribution is 5.73. The Morgan fingerprint density at radius 3 is 2.36 bits per heavy atom. The van der Waals surface area contributed by atoms with Crippen LogP contribution in [0.5, 0.6) is 0 Å². The van der Waals surface area contributed by atoms with E-state index in [0.717, 1.165) is 6.42 Å². The van der Waals surface area contributed by atoms with Gasteiger partial charge in [0.2, 0.25) is 0 Å². The van der Waals surface area contributed by atoms with E-state index >= 15 is 0 Å². The van der Waals surface area contributed by atoms with Gasteiger partial charge in [0.05, 0.1) is 0 Å². The summed E-state index contributed by atoms with van der Waals surface area (Å²) in [7, 11) is 0. The van der Waals surface area contributed by atoms with Gasteiger partial charge in [0.15, 0.2) is 0 Å². The van der Waals surface area contributed by atoms with E-state index in [-0.39, 0.29) is 12.1 Å². The molecule has 0 rings (SSSR count). The molecule has 0 heterocycles. The number of nitrogens with two attached hydrogens (primary N) is 1. The predicted octanol–water partition coefficient (Wildman–Crippen LogP) is 0.594. The van der Waals surface area contributed by atoms with Crippen molar-refractivity contribution in [3.05, 3.63) is 0 Å². The van der Waals surface area contributed by atoms with Crippen LogP contribution in [0.4, 0.5) is 4.79 Å². The first kappa shape index (κ1) is 10.2. The Kier molecular flexibility index (Phi) is 4.61. The van der Waals surface area contributed by atoms with E-state index in [1.54, 1.807) is 0 Å². The average molecular weight is 159 g/mol. The summed E-state index contributed by atoms with van der Waals surface area (Å²) >= 11 is 0. The van der Waals surface area contributed by atoms with Crippen molar-refractivity contribution in [1.82, 2.24) is 10.7 Å². The van der Waals surface area contributed by atoms with Gasteiger partial charge in [-0.1, -0.05) is 20.8 Å². The highest BCUT2D eigenvalue weighted by Gasteiger charge is 2.12. The van der Waals surface area contributed by atoms with Crippen molar-refractivity contribution in [2.45, 2.75) is 33.2 Å². The number of amides is 2. The van der Waals surface area contributed by atoms with Gasteiger partial charge in [-0.25, -0.2) is 10.6 Å². The van der Waals surface area contributed by atoms with Crippen molar-refractivity contribution in [3.63, 3.8) is 0 Å². The molecular weight excluding hydrogens is 142 g/mol. The zero-order chi connectivity index (χ0) is 8.85. The van der Waals surface area contributed by atoms with Crippen LogP contribution in [0.2, 0.25) is 0 Å². The summed E-state index contributed by atoms with van der Waals surface area (Å²) in [5.74, 6) is 5.36. The van der Waals surface area contributed by atoms with Gasteiger partial charge in [-0.05, 0) is 12.3 Å². The Morgan fingerprint density at radius 1 is 1.55 bits per heavy atom. The summed E-state index contributed by atoms with van der Waals surface area (Å²) in [6, 6.07) is -0.107. The van der Waals surface area contributed by atoms with Crippen molar-refractivity contribution in [3.8, 4) is 0 Å². The first-order valence-corrected chi connectivity index (χ1v) is 3.88. The number of hydrogen-bond donors (Lipinski definition) is 3. The van der Waals surface area contributed by atoms with E-state index in [1.165, 1.54) is 0 Å². The van der Waals surface area contributed by atoms with Gasteiger partial charge in [-0.2, -0.15) is 0 Å². The number of nitrogens with one attached hydrogen (secondary N) is 2. The topological polar surface area (TPSA) is 67.2 Å². The highest BCUT2D eigenvalue weighted by atomic mass is 16.2. The summed E-state index contributed by atoms with van der Waals surface area (Å²) in [5, 5.41) is 2.74. The molecule has 66 valence electrons. The molecular formula is C7H17N3O. The van der Waals surface area contributed by atoms with Gasteiger partial charge in [0.1, 0.15) is 0 Å². The van der Waals surface area contributed by atoms with Crippen molar-refractivity contribution in [2.75, 3.05) is 0 Å². The summed E-state index contributed by atoms with van der Waals surface area (Å²) in [5.41, 5.74) is 2.03. The van der Waals surface area contributed by atoms with E-state index < -0.39 is 0 Å². The molecule has 4 heteroatoms. The van der Waals surface area contributed by atoms with Crippen LogP contribution in [-0.4, -0.2) is 12.1 Å². The first-order valence-electron chi connectivity index (χ1n) is 3.88. The van der Waals surface area contributed by atoms with Gasteiger partial charge in [-0.15, -0.1) is 0 Å². The first-order chi connectivity index (χ1) is 5.11. The van der Waals surface area contributed by atoms with Crippen LogP contribution >= 0.6 is 0 Å². The van der Waals surface area contributed by atoms with Crippen molar-refractivity contribution >= 4 is 6.03 Å². The standard InChI is InChI=1S/C7H17N3O/c1-4-6(5(2)3)9-7(11)10-8/h5-6H,4,8H2,1-3H3,(H2,9,10,11). The molecule has 0 aliphatic rings. The van der Waals surface area contributed by atoms with Gasteiger partial charge in [-0.3, -0.25) is 5.43 Å². The summed E-state index contributed by atoms with van der Waals surface area (Å²) < 4.78 is 0. The van der Waals surface area contributed by atoms with Crippen LogP contribution in [0.1, 0.15) is 27.2 Å². The van der Waals surface area contributed by atoms with E-state index in [9.17, 15) is 4.79 Å². The molecule has 0 saturated carbocycles. The lowest BCUT2D eigenvalue weighted by Crippen LogP contribution is -2.46. The molecule has 0 aliphatic heterocycles. The highest BCUT2D eigenvalue weighted by Crippen LogP contribution is 2.04. The zero-order valence-corrected chi connectivity index (χ0v) is 7.35. The fourth-order valence-corrected chi connectivity index (χ4v) is 0.950. The lowest BCUT2D eigenvalue weighted by Gasteiger charge is -2.19. The van der Waals surface area contributed by atoms with Gasteiger partial charge < -0.3 is 5.32 Å². The molecule has 4 N–H and O–H groups in total. The Morgan fingerprint density at radius 2 is 2.09 bits per heavy atom. The lowest BCUT2D eigenvalue weighted by molar-refractivity contribution is 0.232. The second-order valence-corrected chi connectivity index (χ2v) is 2.88. The van der Waals surface area contributed by atoms with E-state index in [0.29, 0.717) is 5.92 Å². The minimum absolute atomic E-state index is 0.207. The molecule has 0 aromatic heterocycles. The molecule has 2 amide bonds. The van der Waals surface area contributed by atoms with E-state index in [2.05, 4.69) is 19.2 Å². The van der Waals surface area contributed by atoms with E-state index in [4.69, 9.17) is 5.84 Å². The maximum Gasteiger partial charge on any atom is 0.329 e. The number of urea groups is 1. The van der Waals surface area contributed by atoms with Crippen LogP contribution in [0.3, 0.4) is 0 Å². The Hall–Kier alpha value is -0.770. The van der Waals surface area contributed by atoms with Crippen molar-refractivity contribution < 1.29 is 4.79 Å². The quantitative estimate of drug-likeness (QED) is 0.320. The fourth-order valence-electron chi connectivity index (χ4n) is 0.950. The SMILES string of the molecule is CCC(NC(=O)NN)C(C)C. The fraction of sp³-hybridized carbons (Fsp3) is 0.857. The number of carbonyl (C=O) groups is 1. The molecule has 0 saturated heterocycles. The van der Waals surface area contributed by atoms with Crippen LogP contribution in [0.15, 0.2) is 0 Å². The maximum absolute atomic E-state index is 10.7.